The van der Waals surface area contributed by atoms with Crippen LogP contribution < -0.4 is 5.48 Å². The molecule has 2 N–H and O–H groups in total. The second kappa shape index (κ2) is 6.51. The van der Waals surface area contributed by atoms with Crippen LogP contribution in [-0.2, 0) is 6.54 Å². The topological polar surface area (TPSA) is 35.5 Å². The molecule has 19 heavy (non-hydrogen) atoms. The highest BCUT2D eigenvalue weighted by atomic mass is 16.5. The van der Waals surface area contributed by atoms with E-state index < -0.39 is 0 Å². The first kappa shape index (κ1) is 14.5. The van der Waals surface area contributed by atoms with E-state index in [1.165, 1.54) is 12.0 Å². The highest BCUT2D eigenvalue weighted by Gasteiger charge is 2.36. The third-order valence-electron chi connectivity index (χ3n) is 4.51. The van der Waals surface area contributed by atoms with Crippen molar-refractivity contribution in [2.45, 2.75) is 58.3 Å². The Morgan fingerprint density at radius 1 is 1.32 bits per heavy atom. The number of hydrogen-bond donors (Lipinski definition) is 2. The summed E-state index contributed by atoms with van der Waals surface area (Å²) in [5.74, 6) is 0.722. The minimum absolute atomic E-state index is 0.153. The van der Waals surface area contributed by atoms with Gasteiger partial charge in [-0.1, -0.05) is 37.3 Å². The second-order valence-electron chi connectivity index (χ2n) is 6.03. The van der Waals surface area contributed by atoms with E-state index in [0.717, 1.165) is 18.9 Å². The van der Waals surface area contributed by atoms with Crippen LogP contribution in [0.4, 0.5) is 0 Å². The molecular formula is C16H26N2O. The molecule has 1 aliphatic heterocycles. The minimum atomic E-state index is 0.153. The van der Waals surface area contributed by atoms with E-state index >= 15 is 0 Å². The van der Waals surface area contributed by atoms with Gasteiger partial charge in [-0.05, 0) is 38.2 Å². The molecule has 0 saturated carbocycles. The van der Waals surface area contributed by atoms with Crippen LogP contribution in [0, 0.1) is 5.92 Å². The van der Waals surface area contributed by atoms with Gasteiger partial charge >= 0.3 is 0 Å². The Labute approximate surface area is 116 Å². The molecule has 1 fully saturated rings. The lowest BCUT2D eigenvalue weighted by Gasteiger charge is -2.30. The maximum Gasteiger partial charge on any atom is 0.0306 e. The van der Waals surface area contributed by atoms with Crippen LogP contribution in [0.25, 0.3) is 0 Å². The van der Waals surface area contributed by atoms with Crippen LogP contribution in [0.2, 0.25) is 0 Å². The SMILES string of the molecule is CC(CC1CC(C)C(C)N1Cc1ccccc1)NO. The molecule has 1 aromatic carbocycles. The summed E-state index contributed by atoms with van der Waals surface area (Å²) in [5.41, 5.74) is 3.75. The highest BCUT2D eigenvalue weighted by Crippen LogP contribution is 2.33. The van der Waals surface area contributed by atoms with E-state index in [0.29, 0.717) is 12.1 Å². The van der Waals surface area contributed by atoms with Gasteiger partial charge in [-0.3, -0.25) is 4.90 Å². The van der Waals surface area contributed by atoms with Crippen LogP contribution in [0.5, 0.6) is 0 Å². The predicted octanol–water partition coefficient (Wildman–Crippen LogP) is 3.04. The van der Waals surface area contributed by atoms with Crippen LogP contribution in [0.15, 0.2) is 30.3 Å². The summed E-state index contributed by atoms with van der Waals surface area (Å²) in [5, 5.41) is 9.03. The molecule has 0 bridgehead atoms. The van der Waals surface area contributed by atoms with Gasteiger partial charge in [0.05, 0.1) is 0 Å². The number of nitrogens with zero attached hydrogens (tertiary/aromatic N) is 1. The second-order valence-corrected chi connectivity index (χ2v) is 6.03. The van der Waals surface area contributed by atoms with Crippen molar-refractivity contribution in [1.82, 2.24) is 10.4 Å². The maximum absolute atomic E-state index is 9.03. The van der Waals surface area contributed by atoms with Gasteiger partial charge in [-0.25, -0.2) is 5.48 Å². The average Bonchev–Trinajstić information content (AvgIpc) is 2.67. The highest BCUT2D eigenvalue weighted by molar-refractivity contribution is 5.15. The Morgan fingerprint density at radius 3 is 2.63 bits per heavy atom. The Kier molecular flexibility index (Phi) is 4.97. The molecular weight excluding hydrogens is 236 g/mol. The lowest BCUT2D eigenvalue weighted by atomic mass is 10.00. The first-order chi connectivity index (χ1) is 9.11. The molecule has 1 saturated heterocycles. The maximum atomic E-state index is 9.03. The molecule has 106 valence electrons. The summed E-state index contributed by atoms with van der Waals surface area (Å²) < 4.78 is 0. The van der Waals surface area contributed by atoms with Gasteiger partial charge in [0.1, 0.15) is 0 Å². The summed E-state index contributed by atoms with van der Waals surface area (Å²) in [6.45, 7) is 7.70. The van der Waals surface area contributed by atoms with Crippen molar-refractivity contribution in [3.8, 4) is 0 Å². The van der Waals surface area contributed by atoms with Crippen LogP contribution in [0.3, 0.4) is 0 Å². The van der Waals surface area contributed by atoms with Gasteiger partial charge in [0.2, 0.25) is 0 Å². The van der Waals surface area contributed by atoms with Crippen molar-refractivity contribution in [1.29, 1.82) is 0 Å². The zero-order chi connectivity index (χ0) is 13.8. The molecule has 1 heterocycles. The van der Waals surface area contributed by atoms with Crippen LogP contribution in [0.1, 0.15) is 39.2 Å². The van der Waals surface area contributed by atoms with E-state index in [4.69, 9.17) is 5.21 Å². The number of rotatable bonds is 5. The number of nitrogens with one attached hydrogen (secondary N) is 1. The molecule has 0 radical (unpaired) electrons. The van der Waals surface area contributed by atoms with Crippen LogP contribution in [-0.4, -0.2) is 28.2 Å². The molecule has 4 atom stereocenters. The predicted molar refractivity (Wildman–Crippen MR) is 78.0 cm³/mol. The van der Waals surface area contributed by atoms with Crippen molar-refractivity contribution < 1.29 is 5.21 Å². The molecule has 1 aromatic rings. The standard InChI is InChI=1S/C16H26N2O/c1-12-9-16(10-13(2)17-19)18(14(12)3)11-15-7-5-4-6-8-15/h4-8,12-14,16-17,19H,9-11H2,1-3H3. The average molecular weight is 262 g/mol. The summed E-state index contributed by atoms with van der Waals surface area (Å²) in [7, 11) is 0. The Bertz CT molecular complexity index is 382. The van der Waals surface area contributed by atoms with Crippen LogP contribution >= 0.6 is 0 Å². The fourth-order valence-corrected chi connectivity index (χ4v) is 3.18. The summed E-state index contributed by atoms with van der Waals surface area (Å²) in [4.78, 5) is 2.59. The lowest BCUT2D eigenvalue weighted by molar-refractivity contribution is 0.103. The van der Waals surface area contributed by atoms with E-state index in [9.17, 15) is 0 Å². The normalized spacial score (nSPS) is 29.6. The summed E-state index contributed by atoms with van der Waals surface area (Å²) in [6, 6.07) is 12.0. The fraction of sp³-hybridized carbons (Fsp3) is 0.625. The van der Waals surface area contributed by atoms with E-state index in [2.05, 4.69) is 54.6 Å². The van der Waals surface area contributed by atoms with Gasteiger partial charge in [0.25, 0.3) is 0 Å². The van der Waals surface area contributed by atoms with Crippen molar-refractivity contribution in [2.24, 2.45) is 5.92 Å². The molecule has 0 amide bonds. The molecule has 3 nitrogen and oxygen atoms in total. The molecule has 2 rings (SSSR count). The third kappa shape index (κ3) is 3.56. The minimum Gasteiger partial charge on any atom is -0.317 e. The van der Waals surface area contributed by atoms with Gasteiger partial charge in [-0.2, -0.15) is 0 Å². The number of hydroxylamine groups is 1. The number of likely N-dealkylation sites (tertiary alicyclic amines) is 1. The summed E-state index contributed by atoms with van der Waals surface area (Å²) in [6.07, 6.45) is 2.22. The van der Waals surface area contributed by atoms with Gasteiger partial charge in [-0.15, -0.1) is 0 Å². The van der Waals surface area contributed by atoms with Crippen molar-refractivity contribution in [2.75, 3.05) is 0 Å². The quantitative estimate of drug-likeness (QED) is 0.801. The zero-order valence-corrected chi connectivity index (χ0v) is 12.2. The molecule has 1 aliphatic rings. The van der Waals surface area contributed by atoms with Gasteiger partial charge in [0, 0.05) is 24.7 Å². The van der Waals surface area contributed by atoms with Gasteiger partial charge in [0.15, 0.2) is 0 Å². The van der Waals surface area contributed by atoms with Crippen molar-refractivity contribution >= 4 is 0 Å². The van der Waals surface area contributed by atoms with E-state index in [-0.39, 0.29) is 6.04 Å². The van der Waals surface area contributed by atoms with Gasteiger partial charge < -0.3 is 5.21 Å². The Balaban J connectivity index is 2.05. The zero-order valence-electron chi connectivity index (χ0n) is 12.2. The first-order valence-corrected chi connectivity index (χ1v) is 7.31. The molecule has 3 heteroatoms. The van der Waals surface area contributed by atoms with Crippen molar-refractivity contribution in [3.63, 3.8) is 0 Å². The molecule has 4 unspecified atom stereocenters. The van der Waals surface area contributed by atoms with E-state index in [1.54, 1.807) is 0 Å². The Hall–Kier alpha value is -0.900. The van der Waals surface area contributed by atoms with Crippen molar-refractivity contribution in [3.05, 3.63) is 35.9 Å². The van der Waals surface area contributed by atoms with E-state index in [1.807, 2.05) is 6.92 Å². The largest absolute Gasteiger partial charge is 0.317 e. The fourth-order valence-electron chi connectivity index (χ4n) is 3.18. The third-order valence-corrected chi connectivity index (χ3v) is 4.51. The molecule has 0 aromatic heterocycles. The number of benzene rings is 1. The number of hydrogen-bond acceptors (Lipinski definition) is 3. The molecule has 0 spiro atoms. The molecule has 0 aliphatic carbocycles. The monoisotopic (exact) mass is 262 g/mol. The first-order valence-electron chi connectivity index (χ1n) is 7.31. The smallest absolute Gasteiger partial charge is 0.0306 e. The Morgan fingerprint density at radius 2 is 2.00 bits per heavy atom. The summed E-state index contributed by atoms with van der Waals surface area (Å²) >= 11 is 0. The lowest BCUT2D eigenvalue weighted by Crippen LogP contribution is -2.38.